The van der Waals surface area contributed by atoms with Crippen LogP contribution in [-0.2, 0) is 11.3 Å². The Balaban J connectivity index is 1.47. The van der Waals surface area contributed by atoms with Gasteiger partial charge in [0.15, 0.2) is 5.13 Å². The number of hydrogen-bond donors (Lipinski definition) is 2. The van der Waals surface area contributed by atoms with Gasteiger partial charge in [0.1, 0.15) is 0 Å². The topological polar surface area (TPSA) is 73.9 Å². The standard InChI is InChI=1S/C18H21N5OS/c1-12(24)22-18-21-9-14(25-18)11-23-8-2-3-13(10-23)15-4-6-19-16-5-7-20-17(15)16/h4-7,9,13,20H,2-3,8,10-11H2,1H3,(H,21,22,24). The number of H-pyrrole nitrogens is 1. The number of pyridine rings is 1. The average molecular weight is 355 g/mol. The first-order valence-corrected chi connectivity index (χ1v) is 9.37. The van der Waals surface area contributed by atoms with Gasteiger partial charge in [-0.3, -0.25) is 14.7 Å². The Labute approximate surface area is 150 Å². The van der Waals surface area contributed by atoms with Gasteiger partial charge < -0.3 is 10.3 Å². The van der Waals surface area contributed by atoms with Gasteiger partial charge in [-0.25, -0.2) is 4.98 Å². The van der Waals surface area contributed by atoms with Gasteiger partial charge in [0, 0.05) is 43.5 Å². The lowest BCUT2D eigenvalue weighted by molar-refractivity contribution is -0.114. The van der Waals surface area contributed by atoms with Gasteiger partial charge in [0.05, 0.1) is 11.0 Å². The van der Waals surface area contributed by atoms with Crippen LogP contribution in [0.5, 0.6) is 0 Å². The quantitative estimate of drug-likeness (QED) is 0.753. The normalized spacial score (nSPS) is 18.5. The first-order chi connectivity index (χ1) is 12.2. The molecule has 4 heterocycles. The SMILES string of the molecule is CC(=O)Nc1ncc(CN2CCCC(c3ccnc4cc[nH]c34)C2)s1. The number of carbonyl (C=O) groups is 1. The Hall–Kier alpha value is -2.25. The van der Waals surface area contributed by atoms with Crippen molar-refractivity contribution in [3.63, 3.8) is 0 Å². The predicted molar refractivity (Wildman–Crippen MR) is 99.8 cm³/mol. The minimum atomic E-state index is -0.0772. The molecule has 1 amide bonds. The molecule has 1 atom stereocenters. The molecule has 1 aliphatic rings. The molecule has 7 heteroatoms. The first-order valence-electron chi connectivity index (χ1n) is 8.55. The lowest BCUT2D eigenvalue weighted by Gasteiger charge is -2.32. The van der Waals surface area contributed by atoms with E-state index < -0.39 is 0 Å². The van der Waals surface area contributed by atoms with E-state index in [1.54, 1.807) is 11.3 Å². The Morgan fingerprint density at radius 1 is 1.44 bits per heavy atom. The van der Waals surface area contributed by atoms with Crippen molar-refractivity contribution in [2.75, 3.05) is 18.4 Å². The monoisotopic (exact) mass is 355 g/mol. The number of thiazole rings is 1. The fraction of sp³-hybridized carbons (Fsp3) is 0.389. The van der Waals surface area contributed by atoms with E-state index in [1.165, 1.54) is 35.7 Å². The molecule has 0 saturated carbocycles. The number of fused-ring (bicyclic) bond motifs is 1. The van der Waals surface area contributed by atoms with Gasteiger partial charge in [-0.1, -0.05) is 0 Å². The Morgan fingerprint density at radius 3 is 3.24 bits per heavy atom. The third kappa shape index (κ3) is 3.57. The minimum absolute atomic E-state index is 0.0772. The second kappa shape index (κ2) is 6.93. The summed E-state index contributed by atoms with van der Waals surface area (Å²) < 4.78 is 0. The number of carbonyl (C=O) groups excluding carboxylic acids is 1. The molecule has 1 aliphatic heterocycles. The van der Waals surface area contributed by atoms with Crippen molar-refractivity contribution in [3.05, 3.63) is 41.2 Å². The zero-order valence-corrected chi connectivity index (χ0v) is 15.0. The number of aromatic amines is 1. The van der Waals surface area contributed by atoms with Crippen molar-refractivity contribution in [1.29, 1.82) is 0 Å². The van der Waals surface area contributed by atoms with Crippen LogP contribution in [0.2, 0.25) is 0 Å². The molecule has 1 saturated heterocycles. The summed E-state index contributed by atoms with van der Waals surface area (Å²) >= 11 is 1.55. The van der Waals surface area contributed by atoms with Gasteiger partial charge in [-0.15, -0.1) is 11.3 Å². The number of nitrogens with one attached hydrogen (secondary N) is 2. The van der Waals surface area contributed by atoms with Gasteiger partial charge >= 0.3 is 0 Å². The Kier molecular flexibility index (Phi) is 4.50. The molecule has 0 spiro atoms. The molecule has 0 aliphatic carbocycles. The van der Waals surface area contributed by atoms with E-state index >= 15 is 0 Å². The summed E-state index contributed by atoms with van der Waals surface area (Å²) in [6.45, 7) is 4.52. The zero-order chi connectivity index (χ0) is 17.2. The summed E-state index contributed by atoms with van der Waals surface area (Å²) in [5, 5.41) is 3.43. The smallest absolute Gasteiger partial charge is 0.223 e. The number of likely N-dealkylation sites (tertiary alicyclic amines) is 1. The summed E-state index contributed by atoms with van der Waals surface area (Å²) in [5.74, 6) is 0.437. The maximum absolute atomic E-state index is 11.1. The van der Waals surface area contributed by atoms with Crippen LogP contribution in [0.4, 0.5) is 5.13 Å². The molecule has 130 valence electrons. The molecule has 25 heavy (non-hydrogen) atoms. The van der Waals surface area contributed by atoms with E-state index in [1.807, 2.05) is 24.7 Å². The average Bonchev–Trinajstić information content (AvgIpc) is 3.23. The number of piperidine rings is 1. The molecule has 0 radical (unpaired) electrons. The highest BCUT2D eigenvalue weighted by molar-refractivity contribution is 7.15. The van der Waals surface area contributed by atoms with E-state index in [0.717, 1.165) is 25.2 Å². The van der Waals surface area contributed by atoms with Crippen molar-refractivity contribution < 1.29 is 4.79 Å². The Morgan fingerprint density at radius 2 is 2.36 bits per heavy atom. The molecule has 6 nitrogen and oxygen atoms in total. The van der Waals surface area contributed by atoms with Crippen LogP contribution in [-0.4, -0.2) is 38.8 Å². The van der Waals surface area contributed by atoms with Gasteiger partial charge in [0.2, 0.25) is 5.91 Å². The van der Waals surface area contributed by atoms with Crippen LogP contribution in [0.1, 0.15) is 36.1 Å². The fourth-order valence-corrected chi connectivity index (χ4v) is 4.48. The summed E-state index contributed by atoms with van der Waals surface area (Å²) in [6, 6.07) is 4.18. The van der Waals surface area contributed by atoms with Crippen LogP contribution >= 0.6 is 11.3 Å². The first kappa shape index (κ1) is 16.2. The molecule has 1 unspecified atom stereocenters. The van der Waals surface area contributed by atoms with E-state index in [4.69, 9.17) is 0 Å². The van der Waals surface area contributed by atoms with Crippen molar-refractivity contribution >= 4 is 33.4 Å². The third-order valence-corrected chi connectivity index (χ3v) is 5.54. The molecule has 0 bridgehead atoms. The second-order valence-electron chi connectivity index (χ2n) is 6.53. The molecule has 2 N–H and O–H groups in total. The van der Waals surface area contributed by atoms with Crippen molar-refractivity contribution in [3.8, 4) is 0 Å². The molecule has 1 fully saturated rings. The zero-order valence-electron chi connectivity index (χ0n) is 14.2. The molecule has 4 rings (SSSR count). The number of nitrogens with zero attached hydrogens (tertiary/aromatic N) is 3. The van der Waals surface area contributed by atoms with Crippen molar-refractivity contribution in [1.82, 2.24) is 19.9 Å². The second-order valence-corrected chi connectivity index (χ2v) is 7.64. The fourth-order valence-electron chi connectivity index (χ4n) is 3.58. The van der Waals surface area contributed by atoms with E-state index in [0.29, 0.717) is 11.0 Å². The van der Waals surface area contributed by atoms with Crippen LogP contribution in [0, 0.1) is 0 Å². The summed E-state index contributed by atoms with van der Waals surface area (Å²) in [6.07, 6.45) is 8.13. The largest absolute Gasteiger partial charge is 0.360 e. The molecular formula is C18H21N5OS. The van der Waals surface area contributed by atoms with Gasteiger partial charge in [0.25, 0.3) is 0 Å². The number of rotatable bonds is 4. The number of anilines is 1. The number of aromatic nitrogens is 3. The molecular weight excluding hydrogens is 334 g/mol. The van der Waals surface area contributed by atoms with Crippen LogP contribution in [0.25, 0.3) is 11.0 Å². The third-order valence-electron chi connectivity index (χ3n) is 4.64. The van der Waals surface area contributed by atoms with Crippen molar-refractivity contribution in [2.24, 2.45) is 0 Å². The molecule has 0 aromatic carbocycles. The van der Waals surface area contributed by atoms with Gasteiger partial charge in [-0.2, -0.15) is 0 Å². The highest BCUT2D eigenvalue weighted by Gasteiger charge is 2.23. The molecule has 3 aromatic rings. The highest BCUT2D eigenvalue weighted by atomic mass is 32.1. The maximum atomic E-state index is 11.1. The highest BCUT2D eigenvalue weighted by Crippen LogP contribution is 2.32. The maximum Gasteiger partial charge on any atom is 0.223 e. The minimum Gasteiger partial charge on any atom is -0.360 e. The number of amides is 1. The number of hydrogen-bond acceptors (Lipinski definition) is 5. The molecule has 3 aromatic heterocycles. The van der Waals surface area contributed by atoms with Crippen LogP contribution < -0.4 is 5.32 Å². The summed E-state index contributed by atoms with van der Waals surface area (Å²) in [5.41, 5.74) is 3.57. The Bertz CT molecular complexity index is 886. The summed E-state index contributed by atoms with van der Waals surface area (Å²) in [4.78, 5) is 26.8. The van der Waals surface area contributed by atoms with Gasteiger partial charge in [-0.05, 0) is 43.0 Å². The summed E-state index contributed by atoms with van der Waals surface area (Å²) in [7, 11) is 0. The van der Waals surface area contributed by atoms with E-state index in [-0.39, 0.29) is 5.91 Å². The van der Waals surface area contributed by atoms with Crippen LogP contribution in [0.15, 0.2) is 30.7 Å². The predicted octanol–water partition coefficient (Wildman–Crippen LogP) is 3.36. The van der Waals surface area contributed by atoms with Crippen LogP contribution in [0.3, 0.4) is 0 Å². The lowest BCUT2D eigenvalue weighted by atomic mass is 9.90. The van der Waals surface area contributed by atoms with Crippen molar-refractivity contribution in [2.45, 2.75) is 32.2 Å². The lowest BCUT2D eigenvalue weighted by Crippen LogP contribution is -2.33. The van der Waals surface area contributed by atoms with E-state index in [9.17, 15) is 4.79 Å². The van der Waals surface area contributed by atoms with E-state index in [2.05, 4.69) is 31.2 Å².